The van der Waals surface area contributed by atoms with Crippen LogP contribution in [0.3, 0.4) is 0 Å². The van der Waals surface area contributed by atoms with E-state index in [1.807, 2.05) is 6.26 Å². The molecule has 0 spiro atoms. The van der Waals surface area contributed by atoms with Crippen molar-refractivity contribution in [3.63, 3.8) is 0 Å². The normalized spacial score (nSPS) is 21.2. The summed E-state index contributed by atoms with van der Waals surface area (Å²) >= 11 is 1.74. The van der Waals surface area contributed by atoms with Gasteiger partial charge in [-0.25, -0.2) is 4.72 Å². The number of hydrogen-bond donors (Lipinski definition) is 2. The molecule has 2 N–H and O–H groups in total. The van der Waals surface area contributed by atoms with Crippen LogP contribution >= 0.6 is 11.8 Å². The van der Waals surface area contributed by atoms with Gasteiger partial charge in [0.25, 0.3) is 10.2 Å². The summed E-state index contributed by atoms with van der Waals surface area (Å²) in [6.45, 7) is 5.02. The maximum absolute atomic E-state index is 12.4. The molecule has 1 unspecified atom stereocenters. The number of piperidine rings is 1. The highest BCUT2D eigenvalue weighted by Gasteiger charge is 2.31. The highest BCUT2D eigenvalue weighted by molar-refractivity contribution is 7.98. The first-order valence-corrected chi connectivity index (χ1v) is 10.4. The van der Waals surface area contributed by atoms with E-state index in [2.05, 4.69) is 17.0 Å². The van der Waals surface area contributed by atoms with E-state index in [9.17, 15) is 8.42 Å². The first-order valence-electron chi connectivity index (χ1n) is 7.58. The minimum Gasteiger partial charge on any atom is -0.315 e. The van der Waals surface area contributed by atoms with E-state index < -0.39 is 10.2 Å². The summed E-state index contributed by atoms with van der Waals surface area (Å²) < 4.78 is 29.2. The Hall–Kier alpha value is 0.180. The fourth-order valence-corrected chi connectivity index (χ4v) is 4.38. The van der Waals surface area contributed by atoms with Crippen LogP contribution in [0.25, 0.3) is 0 Å². The van der Waals surface area contributed by atoms with E-state index in [4.69, 9.17) is 0 Å². The van der Waals surface area contributed by atoms with Gasteiger partial charge >= 0.3 is 0 Å². The second kappa shape index (κ2) is 10.00. The molecule has 1 fully saturated rings. The Kier molecular flexibility index (Phi) is 9.11. The second-order valence-electron chi connectivity index (χ2n) is 5.21. The third-order valence-corrected chi connectivity index (χ3v) is 5.86. The Labute approximate surface area is 128 Å². The molecular formula is C13H29N3O2S2. The van der Waals surface area contributed by atoms with Gasteiger partial charge in [-0.2, -0.15) is 24.5 Å². The summed E-state index contributed by atoms with van der Waals surface area (Å²) in [5, 5.41) is 3.35. The lowest BCUT2D eigenvalue weighted by Gasteiger charge is -2.34. The van der Waals surface area contributed by atoms with Crippen molar-refractivity contribution in [2.45, 2.75) is 45.1 Å². The van der Waals surface area contributed by atoms with Gasteiger partial charge in [0.05, 0.1) is 0 Å². The maximum Gasteiger partial charge on any atom is 0.279 e. The number of hydrogen-bond acceptors (Lipinski definition) is 4. The molecule has 1 aliphatic rings. The predicted molar refractivity (Wildman–Crippen MR) is 87.4 cm³/mol. The summed E-state index contributed by atoms with van der Waals surface area (Å²) in [7, 11) is -3.32. The zero-order chi connectivity index (χ0) is 14.8. The fraction of sp³-hybridized carbons (Fsp3) is 1.00. The van der Waals surface area contributed by atoms with Crippen LogP contribution in [0.2, 0.25) is 0 Å². The van der Waals surface area contributed by atoms with Gasteiger partial charge in [0.1, 0.15) is 0 Å². The highest BCUT2D eigenvalue weighted by atomic mass is 32.2. The fourth-order valence-electron chi connectivity index (χ4n) is 2.44. The average molecular weight is 324 g/mol. The van der Waals surface area contributed by atoms with Gasteiger partial charge < -0.3 is 5.32 Å². The quantitative estimate of drug-likeness (QED) is 0.597. The molecule has 1 saturated heterocycles. The lowest BCUT2D eigenvalue weighted by atomic mass is 10.1. The van der Waals surface area contributed by atoms with Crippen LogP contribution in [0.1, 0.15) is 39.0 Å². The van der Waals surface area contributed by atoms with Crippen LogP contribution in [0.4, 0.5) is 0 Å². The Morgan fingerprint density at radius 2 is 2.10 bits per heavy atom. The van der Waals surface area contributed by atoms with E-state index in [0.717, 1.165) is 50.9 Å². The van der Waals surface area contributed by atoms with Crippen molar-refractivity contribution in [1.29, 1.82) is 0 Å². The number of nitrogens with zero attached hydrogens (tertiary/aromatic N) is 1. The molecule has 0 saturated carbocycles. The Morgan fingerprint density at radius 3 is 2.80 bits per heavy atom. The molecule has 0 radical (unpaired) electrons. The third kappa shape index (κ3) is 6.30. The molecule has 0 aliphatic carbocycles. The second-order valence-corrected chi connectivity index (χ2v) is 7.90. The van der Waals surface area contributed by atoms with Crippen molar-refractivity contribution in [3.8, 4) is 0 Å². The molecule has 1 rings (SSSR count). The molecule has 120 valence electrons. The molecule has 0 aromatic carbocycles. The summed E-state index contributed by atoms with van der Waals surface area (Å²) in [6, 6.07) is 0.105. The molecule has 20 heavy (non-hydrogen) atoms. The maximum atomic E-state index is 12.4. The van der Waals surface area contributed by atoms with Crippen LogP contribution in [-0.2, 0) is 10.2 Å². The minimum atomic E-state index is -3.32. The van der Waals surface area contributed by atoms with E-state index in [1.165, 1.54) is 0 Å². The molecule has 5 nitrogen and oxygen atoms in total. The standard InChI is InChI=1S/C13H29N3O2S2/c1-3-8-14-12-13-7-4-5-10-16(13)20(17,18)15-9-6-11-19-2/h13-15H,3-12H2,1-2H3. The average Bonchev–Trinajstić information content (AvgIpc) is 2.44. The monoisotopic (exact) mass is 323 g/mol. The van der Waals surface area contributed by atoms with Crippen molar-refractivity contribution in [2.24, 2.45) is 0 Å². The van der Waals surface area contributed by atoms with Crippen molar-refractivity contribution in [1.82, 2.24) is 14.3 Å². The van der Waals surface area contributed by atoms with E-state index in [1.54, 1.807) is 16.1 Å². The summed E-state index contributed by atoms with van der Waals surface area (Å²) in [5.74, 6) is 0.990. The lowest BCUT2D eigenvalue weighted by Crippen LogP contribution is -2.52. The number of thioether (sulfide) groups is 1. The van der Waals surface area contributed by atoms with Crippen LogP contribution in [0.15, 0.2) is 0 Å². The summed E-state index contributed by atoms with van der Waals surface area (Å²) in [4.78, 5) is 0. The molecule has 0 aromatic rings. The molecule has 0 bridgehead atoms. The highest BCUT2D eigenvalue weighted by Crippen LogP contribution is 2.19. The molecule has 7 heteroatoms. The first kappa shape index (κ1) is 18.2. The Bertz CT molecular complexity index is 350. The lowest BCUT2D eigenvalue weighted by molar-refractivity contribution is 0.243. The molecule has 1 heterocycles. The van der Waals surface area contributed by atoms with Gasteiger partial charge in [0.2, 0.25) is 0 Å². The predicted octanol–water partition coefficient (Wildman–Crippen LogP) is 1.43. The van der Waals surface area contributed by atoms with Gasteiger partial charge in [0, 0.05) is 25.7 Å². The van der Waals surface area contributed by atoms with Crippen LogP contribution in [0, 0.1) is 0 Å². The summed E-state index contributed by atoms with van der Waals surface area (Å²) in [5.41, 5.74) is 0. The van der Waals surface area contributed by atoms with E-state index in [0.29, 0.717) is 13.1 Å². The van der Waals surface area contributed by atoms with Crippen molar-refractivity contribution < 1.29 is 8.42 Å². The van der Waals surface area contributed by atoms with Gasteiger partial charge in [-0.3, -0.25) is 0 Å². The van der Waals surface area contributed by atoms with Crippen LogP contribution < -0.4 is 10.0 Å². The first-order chi connectivity index (χ1) is 9.61. The number of rotatable bonds is 10. The summed E-state index contributed by atoms with van der Waals surface area (Å²) in [6.07, 6.45) is 7.05. The zero-order valence-corrected chi connectivity index (χ0v) is 14.4. The topological polar surface area (TPSA) is 61.4 Å². The van der Waals surface area contributed by atoms with Gasteiger partial charge in [-0.1, -0.05) is 13.3 Å². The molecule has 1 aliphatic heterocycles. The van der Waals surface area contributed by atoms with E-state index in [-0.39, 0.29) is 6.04 Å². The largest absolute Gasteiger partial charge is 0.315 e. The van der Waals surface area contributed by atoms with Crippen LogP contribution in [0.5, 0.6) is 0 Å². The smallest absolute Gasteiger partial charge is 0.279 e. The third-order valence-electron chi connectivity index (χ3n) is 3.50. The Morgan fingerprint density at radius 1 is 1.30 bits per heavy atom. The zero-order valence-electron chi connectivity index (χ0n) is 12.7. The van der Waals surface area contributed by atoms with Gasteiger partial charge in [0.15, 0.2) is 0 Å². The molecule has 0 aromatic heterocycles. The van der Waals surface area contributed by atoms with Crippen molar-refractivity contribution in [2.75, 3.05) is 38.2 Å². The van der Waals surface area contributed by atoms with Crippen molar-refractivity contribution in [3.05, 3.63) is 0 Å². The van der Waals surface area contributed by atoms with E-state index >= 15 is 0 Å². The molecular weight excluding hydrogens is 294 g/mol. The number of nitrogens with one attached hydrogen (secondary N) is 2. The molecule has 0 amide bonds. The van der Waals surface area contributed by atoms with Gasteiger partial charge in [-0.15, -0.1) is 0 Å². The van der Waals surface area contributed by atoms with Crippen LogP contribution in [-0.4, -0.2) is 57.0 Å². The van der Waals surface area contributed by atoms with Gasteiger partial charge in [-0.05, 0) is 44.2 Å². The Balaban J connectivity index is 2.49. The SMILES string of the molecule is CCCNCC1CCCCN1S(=O)(=O)NCCCSC. The van der Waals surface area contributed by atoms with Crippen molar-refractivity contribution >= 4 is 22.0 Å². The molecule has 1 atom stereocenters. The minimum absolute atomic E-state index is 0.105.